The molecule has 0 radical (unpaired) electrons. The van der Waals surface area contributed by atoms with Crippen LogP contribution in [0, 0.1) is 5.41 Å². The summed E-state index contributed by atoms with van der Waals surface area (Å²) in [5.41, 5.74) is 0.640. The van der Waals surface area contributed by atoms with E-state index in [9.17, 15) is 0 Å². The molecule has 2 heterocycles. The second-order valence-corrected chi connectivity index (χ2v) is 4.93. The van der Waals surface area contributed by atoms with Gasteiger partial charge in [-0.1, -0.05) is 18.0 Å². The number of halogens is 1. The SMILES string of the molecule is Clc1cccnc1N1CC2(CCC2)C1. The number of nitrogens with zero attached hydrogens (tertiary/aromatic N) is 2. The molecule has 14 heavy (non-hydrogen) atoms. The van der Waals surface area contributed by atoms with Gasteiger partial charge in [0.05, 0.1) is 5.02 Å². The van der Waals surface area contributed by atoms with Gasteiger partial charge in [0.1, 0.15) is 5.82 Å². The van der Waals surface area contributed by atoms with Crippen molar-refractivity contribution >= 4 is 17.4 Å². The lowest BCUT2D eigenvalue weighted by Gasteiger charge is -2.56. The highest BCUT2D eigenvalue weighted by Crippen LogP contribution is 2.49. The van der Waals surface area contributed by atoms with E-state index in [1.165, 1.54) is 19.3 Å². The topological polar surface area (TPSA) is 16.1 Å². The van der Waals surface area contributed by atoms with Crippen molar-refractivity contribution in [1.29, 1.82) is 0 Å². The fourth-order valence-electron chi connectivity index (χ4n) is 2.52. The number of hydrogen-bond donors (Lipinski definition) is 0. The van der Waals surface area contributed by atoms with Gasteiger partial charge in [0, 0.05) is 24.7 Å². The van der Waals surface area contributed by atoms with Crippen LogP contribution in [0.2, 0.25) is 5.02 Å². The predicted molar refractivity (Wildman–Crippen MR) is 57.7 cm³/mol. The number of hydrogen-bond acceptors (Lipinski definition) is 2. The first-order chi connectivity index (χ1) is 6.79. The number of rotatable bonds is 1. The molecule has 1 saturated heterocycles. The fraction of sp³-hybridized carbons (Fsp3) is 0.545. The Bertz CT molecular complexity index is 352. The van der Waals surface area contributed by atoms with Gasteiger partial charge in [-0.15, -0.1) is 0 Å². The maximum Gasteiger partial charge on any atom is 0.147 e. The highest BCUT2D eigenvalue weighted by atomic mass is 35.5. The molecule has 0 bridgehead atoms. The highest BCUT2D eigenvalue weighted by molar-refractivity contribution is 6.32. The normalized spacial score (nSPS) is 23.1. The molecule has 1 saturated carbocycles. The molecule has 1 aromatic heterocycles. The van der Waals surface area contributed by atoms with Crippen LogP contribution in [-0.2, 0) is 0 Å². The first-order valence-corrected chi connectivity index (χ1v) is 5.52. The molecule has 0 aromatic carbocycles. The summed E-state index contributed by atoms with van der Waals surface area (Å²) in [4.78, 5) is 6.61. The molecular formula is C11H13ClN2. The molecule has 1 aliphatic heterocycles. The van der Waals surface area contributed by atoms with Crippen LogP contribution in [0.15, 0.2) is 18.3 Å². The third-order valence-electron chi connectivity index (χ3n) is 3.51. The van der Waals surface area contributed by atoms with Crippen LogP contribution in [-0.4, -0.2) is 18.1 Å². The minimum absolute atomic E-state index is 0.640. The molecule has 2 aliphatic rings. The zero-order valence-electron chi connectivity index (χ0n) is 8.04. The smallest absolute Gasteiger partial charge is 0.147 e. The van der Waals surface area contributed by atoms with Crippen LogP contribution < -0.4 is 4.90 Å². The van der Waals surface area contributed by atoms with Crippen molar-refractivity contribution in [2.45, 2.75) is 19.3 Å². The molecule has 2 fully saturated rings. The first-order valence-electron chi connectivity index (χ1n) is 5.15. The van der Waals surface area contributed by atoms with E-state index in [0.717, 1.165) is 23.9 Å². The maximum absolute atomic E-state index is 6.08. The van der Waals surface area contributed by atoms with Gasteiger partial charge in [-0.05, 0) is 25.0 Å². The van der Waals surface area contributed by atoms with E-state index in [0.29, 0.717) is 5.41 Å². The van der Waals surface area contributed by atoms with Crippen molar-refractivity contribution < 1.29 is 0 Å². The van der Waals surface area contributed by atoms with Crippen molar-refractivity contribution in [3.63, 3.8) is 0 Å². The van der Waals surface area contributed by atoms with E-state index in [2.05, 4.69) is 9.88 Å². The summed E-state index contributed by atoms with van der Waals surface area (Å²) in [6, 6.07) is 3.79. The van der Waals surface area contributed by atoms with Crippen LogP contribution in [0.25, 0.3) is 0 Å². The van der Waals surface area contributed by atoms with Crippen LogP contribution >= 0.6 is 11.6 Å². The van der Waals surface area contributed by atoms with Crippen molar-refractivity contribution in [3.05, 3.63) is 23.4 Å². The van der Waals surface area contributed by atoms with E-state index >= 15 is 0 Å². The third-order valence-corrected chi connectivity index (χ3v) is 3.80. The Kier molecular flexibility index (Phi) is 1.75. The minimum Gasteiger partial charge on any atom is -0.354 e. The molecule has 3 rings (SSSR count). The summed E-state index contributed by atoms with van der Waals surface area (Å²) in [6.07, 6.45) is 6.01. The number of anilines is 1. The monoisotopic (exact) mass is 208 g/mol. The van der Waals surface area contributed by atoms with Gasteiger partial charge in [-0.2, -0.15) is 0 Å². The summed E-state index contributed by atoms with van der Waals surface area (Å²) in [6.45, 7) is 2.31. The lowest BCUT2D eigenvalue weighted by molar-refractivity contribution is 0.0897. The number of pyridine rings is 1. The average molecular weight is 209 g/mol. The van der Waals surface area contributed by atoms with E-state index in [1.807, 2.05) is 18.3 Å². The zero-order chi connectivity index (χ0) is 9.60. The Morgan fingerprint density at radius 3 is 2.71 bits per heavy atom. The predicted octanol–water partition coefficient (Wildman–Crippen LogP) is 2.73. The Hall–Kier alpha value is -0.760. The summed E-state index contributed by atoms with van der Waals surface area (Å²) in [7, 11) is 0. The standard InChI is InChI=1S/C11H13ClN2/c12-9-3-1-6-13-10(9)14-7-11(8-14)4-2-5-11/h1,3,6H,2,4-5,7-8H2. The van der Waals surface area contributed by atoms with Crippen LogP contribution in [0.5, 0.6) is 0 Å². The molecule has 0 atom stereocenters. The first kappa shape index (κ1) is 8.54. The molecule has 0 N–H and O–H groups in total. The largest absolute Gasteiger partial charge is 0.354 e. The van der Waals surface area contributed by atoms with E-state index in [-0.39, 0.29) is 0 Å². The third kappa shape index (κ3) is 1.13. The van der Waals surface area contributed by atoms with Gasteiger partial charge < -0.3 is 4.90 Å². The van der Waals surface area contributed by atoms with Gasteiger partial charge in [-0.3, -0.25) is 0 Å². The lowest BCUT2D eigenvalue weighted by Crippen LogP contribution is -2.60. The van der Waals surface area contributed by atoms with E-state index < -0.39 is 0 Å². The van der Waals surface area contributed by atoms with Crippen LogP contribution in [0.1, 0.15) is 19.3 Å². The minimum atomic E-state index is 0.640. The maximum atomic E-state index is 6.08. The Balaban J connectivity index is 1.76. The van der Waals surface area contributed by atoms with Crippen molar-refractivity contribution in [3.8, 4) is 0 Å². The molecule has 0 unspecified atom stereocenters. The Labute approximate surface area is 88.9 Å². The second kappa shape index (κ2) is 2.86. The van der Waals surface area contributed by atoms with Crippen LogP contribution in [0.3, 0.4) is 0 Å². The average Bonchev–Trinajstić information content (AvgIpc) is 2.03. The van der Waals surface area contributed by atoms with Gasteiger partial charge in [-0.25, -0.2) is 4.98 Å². The molecular weight excluding hydrogens is 196 g/mol. The van der Waals surface area contributed by atoms with Crippen molar-refractivity contribution in [2.75, 3.05) is 18.0 Å². The lowest BCUT2D eigenvalue weighted by atomic mass is 9.63. The van der Waals surface area contributed by atoms with Gasteiger partial charge in [0.2, 0.25) is 0 Å². The number of aromatic nitrogens is 1. The molecule has 0 amide bonds. The van der Waals surface area contributed by atoms with Gasteiger partial charge in [0.25, 0.3) is 0 Å². The summed E-state index contributed by atoms with van der Waals surface area (Å²) >= 11 is 6.08. The fourth-order valence-corrected chi connectivity index (χ4v) is 2.76. The second-order valence-electron chi connectivity index (χ2n) is 4.52. The van der Waals surface area contributed by atoms with Gasteiger partial charge in [0.15, 0.2) is 0 Å². The highest BCUT2D eigenvalue weighted by Gasteiger charge is 2.47. The van der Waals surface area contributed by atoms with Crippen LogP contribution in [0.4, 0.5) is 5.82 Å². The summed E-state index contributed by atoms with van der Waals surface area (Å²) < 4.78 is 0. The van der Waals surface area contributed by atoms with Gasteiger partial charge >= 0.3 is 0 Å². The molecule has 2 nitrogen and oxygen atoms in total. The van der Waals surface area contributed by atoms with E-state index in [4.69, 9.17) is 11.6 Å². The zero-order valence-corrected chi connectivity index (χ0v) is 8.80. The Morgan fingerprint density at radius 1 is 1.36 bits per heavy atom. The quantitative estimate of drug-likeness (QED) is 0.706. The molecule has 3 heteroatoms. The molecule has 74 valence electrons. The molecule has 1 aromatic rings. The summed E-state index contributed by atoms with van der Waals surface area (Å²) in [5.74, 6) is 0.965. The Morgan fingerprint density at radius 2 is 2.14 bits per heavy atom. The summed E-state index contributed by atoms with van der Waals surface area (Å²) in [5, 5.41) is 0.779. The molecule has 1 spiro atoms. The van der Waals surface area contributed by atoms with Crippen molar-refractivity contribution in [1.82, 2.24) is 4.98 Å². The van der Waals surface area contributed by atoms with E-state index in [1.54, 1.807) is 0 Å². The molecule has 1 aliphatic carbocycles. The van der Waals surface area contributed by atoms with Crippen molar-refractivity contribution in [2.24, 2.45) is 5.41 Å².